The van der Waals surface area contributed by atoms with Gasteiger partial charge in [0.25, 0.3) is 0 Å². The summed E-state index contributed by atoms with van der Waals surface area (Å²) in [5.41, 5.74) is 0.748. The Morgan fingerprint density at radius 1 is 1.32 bits per heavy atom. The molecule has 1 aromatic heterocycles. The van der Waals surface area contributed by atoms with Crippen LogP contribution in [0.3, 0.4) is 0 Å². The first-order valence-corrected chi connectivity index (χ1v) is 8.10. The topological polar surface area (TPSA) is 117 Å². The number of nitrogens with zero attached hydrogens (tertiary/aromatic N) is 3. The van der Waals surface area contributed by atoms with E-state index in [2.05, 4.69) is 15.7 Å². The number of hydrogen-bond acceptors (Lipinski definition) is 6. The van der Waals surface area contributed by atoms with Crippen LogP contribution in [0.1, 0.15) is 31.7 Å². The van der Waals surface area contributed by atoms with Crippen LogP contribution >= 0.6 is 12.4 Å². The number of rotatable bonds is 5. The number of carboxylic acids is 1. The van der Waals surface area contributed by atoms with E-state index in [0.29, 0.717) is 12.8 Å². The summed E-state index contributed by atoms with van der Waals surface area (Å²) in [5, 5.41) is 18.6. The molecule has 10 heteroatoms. The van der Waals surface area contributed by atoms with Gasteiger partial charge in [0.15, 0.2) is 0 Å². The van der Waals surface area contributed by atoms with Gasteiger partial charge in [-0.15, -0.1) is 12.4 Å². The highest BCUT2D eigenvalue weighted by Gasteiger charge is 2.27. The molecule has 2 saturated heterocycles. The standard InChI is InChI=1S/C15H21N5O4.ClH/c21-13-2-1-12(15(24)18-13)17-10-7-16-20(8-10)11-3-5-19(6-4-11)9-14(22)23;/h7-8,11-12,17H,1-6,9H2,(H,22,23)(H,18,21,24);1H. The Labute approximate surface area is 151 Å². The van der Waals surface area contributed by atoms with E-state index in [9.17, 15) is 14.4 Å². The lowest BCUT2D eigenvalue weighted by molar-refractivity contribution is -0.139. The third-order valence-electron chi connectivity index (χ3n) is 4.47. The first-order valence-electron chi connectivity index (χ1n) is 8.10. The molecule has 0 aliphatic carbocycles. The van der Waals surface area contributed by atoms with E-state index in [1.807, 2.05) is 15.8 Å². The Bertz CT molecular complexity index is 642. The maximum atomic E-state index is 11.8. The lowest BCUT2D eigenvalue weighted by atomic mass is 10.1. The van der Waals surface area contributed by atoms with Crippen molar-refractivity contribution < 1.29 is 19.5 Å². The fraction of sp³-hybridized carbons (Fsp3) is 0.600. The smallest absolute Gasteiger partial charge is 0.317 e. The number of hydrogen-bond donors (Lipinski definition) is 3. The average Bonchev–Trinajstić information content (AvgIpc) is 2.99. The molecule has 0 aromatic carbocycles. The number of anilines is 1. The molecule has 3 rings (SSSR count). The highest BCUT2D eigenvalue weighted by Crippen LogP contribution is 2.23. The fourth-order valence-electron chi connectivity index (χ4n) is 3.18. The van der Waals surface area contributed by atoms with Crippen LogP contribution in [-0.4, -0.2) is 63.2 Å². The van der Waals surface area contributed by atoms with E-state index >= 15 is 0 Å². The number of carbonyl (C=O) groups is 3. The van der Waals surface area contributed by atoms with Gasteiger partial charge in [0.1, 0.15) is 6.04 Å². The molecule has 9 nitrogen and oxygen atoms in total. The van der Waals surface area contributed by atoms with E-state index in [1.54, 1.807) is 6.20 Å². The maximum Gasteiger partial charge on any atom is 0.317 e. The van der Waals surface area contributed by atoms with Gasteiger partial charge in [-0.1, -0.05) is 0 Å². The minimum Gasteiger partial charge on any atom is -0.480 e. The molecule has 0 saturated carbocycles. The van der Waals surface area contributed by atoms with Crippen molar-refractivity contribution in [2.75, 3.05) is 25.0 Å². The van der Waals surface area contributed by atoms with E-state index in [4.69, 9.17) is 5.11 Å². The number of aromatic nitrogens is 2. The van der Waals surface area contributed by atoms with Gasteiger partial charge in [-0.25, -0.2) is 0 Å². The van der Waals surface area contributed by atoms with Crippen LogP contribution in [0.4, 0.5) is 5.69 Å². The zero-order valence-electron chi connectivity index (χ0n) is 13.7. The Morgan fingerprint density at radius 2 is 2.04 bits per heavy atom. The van der Waals surface area contributed by atoms with Crippen molar-refractivity contribution in [2.24, 2.45) is 0 Å². The monoisotopic (exact) mass is 371 g/mol. The average molecular weight is 372 g/mol. The summed E-state index contributed by atoms with van der Waals surface area (Å²) >= 11 is 0. The van der Waals surface area contributed by atoms with E-state index < -0.39 is 12.0 Å². The van der Waals surface area contributed by atoms with Gasteiger partial charge in [-0.05, 0) is 19.3 Å². The van der Waals surface area contributed by atoms with Crippen molar-refractivity contribution in [3.8, 4) is 0 Å². The molecular formula is C15H22ClN5O4. The van der Waals surface area contributed by atoms with Crippen molar-refractivity contribution in [3.05, 3.63) is 12.4 Å². The Morgan fingerprint density at radius 3 is 2.68 bits per heavy atom. The molecule has 2 fully saturated rings. The molecular weight excluding hydrogens is 350 g/mol. The molecule has 1 aromatic rings. The zero-order chi connectivity index (χ0) is 17.1. The predicted molar refractivity (Wildman–Crippen MR) is 91.6 cm³/mol. The summed E-state index contributed by atoms with van der Waals surface area (Å²) in [6, 6.07) is -0.190. The molecule has 138 valence electrons. The van der Waals surface area contributed by atoms with E-state index in [0.717, 1.165) is 31.6 Å². The molecule has 2 aliphatic heterocycles. The van der Waals surface area contributed by atoms with Crippen LogP contribution in [-0.2, 0) is 14.4 Å². The quantitative estimate of drug-likeness (QED) is 0.635. The Hall–Kier alpha value is -2.13. The zero-order valence-corrected chi connectivity index (χ0v) is 14.5. The van der Waals surface area contributed by atoms with Gasteiger partial charge in [0.05, 0.1) is 24.5 Å². The van der Waals surface area contributed by atoms with Crippen molar-refractivity contribution >= 4 is 35.9 Å². The molecule has 3 N–H and O–H groups in total. The van der Waals surface area contributed by atoms with Gasteiger partial charge in [-0.3, -0.25) is 29.3 Å². The van der Waals surface area contributed by atoms with Crippen molar-refractivity contribution in [1.29, 1.82) is 0 Å². The first kappa shape index (κ1) is 19.2. The number of likely N-dealkylation sites (tertiary alicyclic amines) is 1. The van der Waals surface area contributed by atoms with Crippen LogP contribution in [0, 0.1) is 0 Å². The third kappa shape index (κ3) is 4.93. The summed E-state index contributed by atoms with van der Waals surface area (Å²) in [6.45, 7) is 1.54. The molecule has 3 heterocycles. The van der Waals surface area contributed by atoms with E-state index in [-0.39, 0.29) is 36.8 Å². The van der Waals surface area contributed by atoms with Gasteiger partial charge in [0, 0.05) is 25.7 Å². The molecule has 1 unspecified atom stereocenters. The second kappa shape index (κ2) is 8.30. The number of piperidine rings is 2. The number of carboxylic acid groups (broad SMARTS) is 1. The molecule has 25 heavy (non-hydrogen) atoms. The second-order valence-corrected chi connectivity index (χ2v) is 6.26. The highest BCUT2D eigenvalue weighted by atomic mass is 35.5. The largest absolute Gasteiger partial charge is 0.480 e. The lowest BCUT2D eigenvalue weighted by Gasteiger charge is -2.30. The Balaban J connectivity index is 0.00000225. The number of halogens is 1. The minimum absolute atomic E-state index is 0. The summed E-state index contributed by atoms with van der Waals surface area (Å²) in [6.07, 6.45) is 6.02. The third-order valence-corrected chi connectivity index (χ3v) is 4.47. The van der Waals surface area contributed by atoms with Crippen LogP contribution < -0.4 is 10.6 Å². The fourth-order valence-corrected chi connectivity index (χ4v) is 3.18. The molecule has 2 amide bonds. The Kier molecular flexibility index (Phi) is 6.38. The molecule has 0 bridgehead atoms. The highest BCUT2D eigenvalue weighted by molar-refractivity contribution is 6.01. The lowest BCUT2D eigenvalue weighted by Crippen LogP contribution is -2.47. The van der Waals surface area contributed by atoms with Crippen LogP contribution in [0.25, 0.3) is 0 Å². The normalized spacial score (nSPS) is 22.2. The maximum absolute atomic E-state index is 11.8. The SMILES string of the molecule is Cl.O=C(O)CN1CCC(n2cc(NC3CCC(=O)NC3=O)cn2)CC1. The van der Waals surface area contributed by atoms with Crippen molar-refractivity contribution in [3.63, 3.8) is 0 Å². The van der Waals surface area contributed by atoms with Gasteiger partial charge >= 0.3 is 5.97 Å². The van der Waals surface area contributed by atoms with Crippen molar-refractivity contribution in [1.82, 2.24) is 20.0 Å². The summed E-state index contributed by atoms with van der Waals surface area (Å²) in [4.78, 5) is 35.6. The van der Waals surface area contributed by atoms with Gasteiger partial charge in [-0.2, -0.15) is 5.10 Å². The van der Waals surface area contributed by atoms with Crippen LogP contribution in [0.15, 0.2) is 12.4 Å². The van der Waals surface area contributed by atoms with Crippen LogP contribution in [0.5, 0.6) is 0 Å². The van der Waals surface area contributed by atoms with E-state index in [1.165, 1.54) is 0 Å². The molecule has 0 spiro atoms. The second-order valence-electron chi connectivity index (χ2n) is 6.26. The number of aliphatic carboxylic acids is 1. The van der Waals surface area contributed by atoms with Gasteiger partial charge < -0.3 is 10.4 Å². The summed E-state index contributed by atoms with van der Waals surface area (Å²) < 4.78 is 1.87. The number of carbonyl (C=O) groups excluding carboxylic acids is 2. The predicted octanol–water partition coefficient (Wildman–Crippen LogP) is 0.244. The van der Waals surface area contributed by atoms with Gasteiger partial charge in [0.2, 0.25) is 11.8 Å². The summed E-state index contributed by atoms with van der Waals surface area (Å²) in [7, 11) is 0. The number of nitrogens with one attached hydrogen (secondary N) is 2. The van der Waals surface area contributed by atoms with Crippen LogP contribution in [0.2, 0.25) is 0 Å². The first-order chi connectivity index (χ1) is 11.5. The molecule has 1 atom stereocenters. The van der Waals surface area contributed by atoms with Crippen molar-refractivity contribution in [2.45, 2.75) is 37.8 Å². The number of amides is 2. The summed E-state index contributed by atoms with van der Waals surface area (Å²) in [5.74, 6) is -1.34. The minimum atomic E-state index is -0.803. The molecule has 2 aliphatic rings. The molecule has 0 radical (unpaired) electrons. The number of imide groups is 1.